The number of benzene rings is 2. The molecule has 28 heavy (non-hydrogen) atoms. The summed E-state index contributed by atoms with van der Waals surface area (Å²) in [6.45, 7) is 4.33. The number of rotatable bonds is 6. The number of carbonyl (C=O) groups is 2. The van der Waals surface area contributed by atoms with Crippen LogP contribution in [-0.2, 0) is 4.79 Å². The number of nitrogens with one attached hydrogen (secondary N) is 2. The Bertz CT molecular complexity index is 807. The van der Waals surface area contributed by atoms with Gasteiger partial charge >= 0.3 is 0 Å². The van der Waals surface area contributed by atoms with Gasteiger partial charge in [-0.3, -0.25) is 9.59 Å². The average molecular weight is 380 g/mol. The SMILES string of the molecule is C[C@H]1[C@@H](NC(=O)COc2ccccc2C(=O)Nc2ccccc2)CCC[C@@H]1C. The quantitative estimate of drug-likeness (QED) is 0.787. The predicted molar refractivity (Wildman–Crippen MR) is 110 cm³/mol. The van der Waals surface area contributed by atoms with Crippen molar-refractivity contribution < 1.29 is 14.3 Å². The lowest BCUT2D eigenvalue weighted by Crippen LogP contribution is -2.45. The fraction of sp³-hybridized carbons (Fsp3) is 0.391. The van der Waals surface area contributed by atoms with Gasteiger partial charge in [0.1, 0.15) is 5.75 Å². The van der Waals surface area contributed by atoms with E-state index < -0.39 is 0 Å². The second-order valence-electron chi connectivity index (χ2n) is 7.55. The molecule has 0 aliphatic heterocycles. The molecule has 0 heterocycles. The molecule has 0 bridgehead atoms. The number of hydrogen-bond acceptors (Lipinski definition) is 3. The molecule has 2 N–H and O–H groups in total. The van der Waals surface area contributed by atoms with Crippen molar-refractivity contribution in [3.63, 3.8) is 0 Å². The molecule has 3 atom stereocenters. The van der Waals surface area contributed by atoms with Crippen molar-refractivity contribution >= 4 is 17.5 Å². The summed E-state index contributed by atoms with van der Waals surface area (Å²) in [5.41, 5.74) is 1.11. The van der Waals surface area contributed by atoms with E-state index in [4.69, 9.17) is 4.74 Å². The second kappa shape index (κ2) is 9.40. The van der Waals surface area contributed by atoms with Gasteiger partial charge in [0.25, 0.3) is 11.8 Å². The van der Waals surface area contributed by atoms with Gasteiger partial charge in [-0.15, -0.1) is 0 Å². The maximum absolute atomic E-state index is 12.6. The van der Waals surface area contributed by atoms with Crippen LogP contribution in [0, 0.1) is 11.8 Å². The van der Waals surface area contributed by atoms with Crippen molar-refractivity contribution in [1.29, 1.82) is 0 Å². The van der Waals surface area contributed by atoms with Crippen LogP contribution < -0.4 is 15.4 Å². The molecule has 5 heteroatoms. The van der Waals surface area contributed by atoms with E-state index in [0.717, 1.165) is 12.8 Å². The molecule has 0 unspecified atom stereocenters. The highest BCUT2D eigenvalue weighted by Gasteiger charge is 2.28. The highest BCUT2D eigenvalue weighted by atomic mass is 16.5. The first kappa shape index (κ1) is 19.9. The van der Waals surface area contributed by atoms with E-state index in [0.29, 0.717) is 28.8 Å². The minimum atomic E-state index is -0.267. The summed E-state index contributed by atoms with van der Waals surface area (Å²) in [5.74, 6) is 1.06. The minimum Gasteiger partial charge on any atom is -0.483 e. The van der Waals surface area contributed by atoms with Crippen LogP contribution in [0.5, 0.6) is 5.75 Å². The summed E-state index contributed by atoms with van der Waals surface area (Å²) < 4.78 is 5.69. The van der Waals surface area contributed by atoms with E-state index in [1.807, 2.05) is 30.3 Å². The zero-order valence-corrected chi connectivity index (χ0v) is 16.5. The Morgan fingerprint density at radius 2 is 1.71 bits per heavy atom. The topological polar surface area (TPSA) is 67.4 Å². The molecule has 0 spiro atoms. The first-order chi connectivity index (χ1) is 13.5. The standard InChI is InChI=1S/C23H28N2O3/c1-16-9-8-13-20(17(16)2)25-22(26)15-28-21-14-7-6-12-19(21)23(27)24-18-10-4-3-5-11-18/h3-7,10-12,14,16-17,20H,8-9,13,15H2,1-2H3,(H,24,27)(H,25,26)/t16-,17+,20-/m0/s1. The van der Waals surface area contributed by atoms with Crippen LogP contribution in [0.2, 0.25) is 0 Å². The first-order valence-corrected chi connectivity index (χ1v) is 9.92. The molecule has 0 radical (unpaired) electrons. The van der Waals surface area contributed by atoms with Gasteiger partial charge in [-0.1, -0.05) is 57.0 Å². The van der Waals surface area contributed by atoms with Crippen molar-refractivity contribution in [2.75, 3.05) is 11.9 Å². The number of anilines is 1. The van der Waals surface area contributed by atoms with Crippen molar-refractivity contribution in [1.82, 2.24) is 5.32 Å². The second-order valence-corrected chi connectivity index (χ2v) is 7.55. The van der Waals surface area contributed by atoms with Crippen LogP contribution in [0.1, 0.15) is 43.5 Å². The van der Waals surface area contributed by atoms with Crippen LogP contribution in [0.15, 0.2) is 54.6 Å². The molecule has 148 valence electrons. The molecular formula is C23H28N2O3. The highest BCUT2D eigenvalue weighted by molar-refractivity contribution is 6.06. The van der Waals surface area contributed by atoms with Crippen LogP contribution in [0.25, 0.3) is 0 Å². The summed E-state index contributed by atoms with van der Waals surface area (Å²) >= 11 is 0. The van der Waals surface area contributed by atoms with Crippen LogP contribution in [0.3, 0.4) is 0 Å². The molecule has 1 aliphatic rings. The molecular weight excluding hydrogens is 352 g/mol. The van der Waals surface area contributed by atoms with Gasteiger partial charge in [0.2, 0.25) is 0 Å². The lowest BCUT2D eigenvalue weighted by molar-refractivity contribution is -0.124. The van der Waals surface area contributed by atoms with Gasteiger partial charge in [-0.05, 0) is 42.5 Å². The molecule has 5 nitrogen and oxygen atoms in total. The molecule has 3 rings (SSSR count). The van der Waals surface area contributed by atoms with E-state index in [-0.39, 0.29) is 24.5 Å². The third-order valence-electron chi connectivity index (χ3n) is 5.58. The maximum Gasteiger partial charge on any atom is 0.259 e. The first-order valence-electron chi connectivity index (χ1n) is 9.92. The lowest BCUT2D eigenvalue weighted by atomic mass is 9.78. The largest absolute Gasteiger partial charge is 0.483 e. The number of ether oxygens (including phenoxy) is 1. The summed E-state index contributed by atoms with van der Waals surface area (Å²) in [7, 11) is 0. The van der Waals surface area contributed by atoms with Crippen LogP contribution >= 0.6 is 0 Å². The Kier molecular flexibility index (Phi) is 6.69. The lowest BCUT2D eigenvalue weighted by Gasteiger charge is -2.34. The third-order valence-corrected chi connectivity index (χ3v) is 5.58. The molecule has 1 saturated carbocycles. The molecule has 2 aromatic rings. The molecule has 1 fully saturated rings. The number of amides is 2. The average Bonchev–Trinajstić information content (AvgIpc) is 2.71. The molecule has 1 aliphatic carbocycles. The molecule has 0 aromatic heterocycles. The highest BCUT2D eigenvalue weighted by Crippen LogP contribution is 2.29. The molecule has 0 saturated heterocycles. The van der Waals surface area contributed by atoms with E-state index in [2.05, 4.69) is 24.5 Å². The van der Waals surface area contributed by atoms with Crippen LogP contribution in [0.4, 0.5) is 5.69 Å². The van der Waals surface area contributed by atoms with Crippen molar-refractivity contribution in [2.45, 2.75) is 39.2 Å². The van der Waals surface area contributed by atoms with Crippen molar-refractivity contribution in [3.05, 3.63) is 60.2 Å². The maximum atomic E-state index is 12.6. The fourth-order valence-electron chi connectivity index (χ4n) is 3.68. The van der Waals surface area contributed by atoms with Gasteiger partial charge in [0.05, 0.1) is 5.56 Å². The summed E-state index contributed by atoms with van der Waals surface area (Å²) in [6.07, 6.45) is 3.36. The third kappa shape index (κ3) is 5.12. The monoisotopic (exact) mass is 380 g/mol. The number of para-hydroxylation sites is 2. The van der Waals surface area contributed by atoms with Gasteiger partial charge in [0, 0.05) is 11.7 Å². The Morgan fingerprint density at radius 3 is 2.50 bits per heavy atom. The predicted octanol–water partition coefficient (Wildman–Crippen LogP) is 4.26. The summed E-state index contributed by atoms with van der Waals surface area (Å²) in [4.78, 5) is 25.0. The smallest absolute Gasteiger partial charge is 0.259 e. The normalized spacial score (nSPS) is 21.6. The fourth-order valence-corrected chi connectivity index (χ4v) is 3.68. The Morgan fingerprint density at radius 1 is 1.00 bits per heavy atom. The van der Waals surface area contributed by atoms with E-state index >= 15 is 0 Å². The molecule has 2 amide bonds. The Balaban J connectivity index is 1.58. The number of carbonyl (C=O) groups excluding carboxylic acids is 2. The van der Waals surface area contributed by atoms with Gasteiger partial charge in [-0.2, -0.15) is 0 Å². The van der Waals surface area contributed by atoms with E-state index in [1.165, 1.54) is 6.42 Å². The van der Waals surface area contributed by atoms with Crippen molar-refractivity contribution in [3.8, 4) is 5.75 Å². The zero-order valence-electron chi connectivity index (χ0n) is 16.5. The van der Waals surface area contributed by atoms with Gasteiger partial charge in [0.15, 0.2) is 6.61 Å². The minimum absolute atomic E-state index is 0.104. The zero-order chi connectivity index (χ0) is 19.9. The van der Waals surface area contributed by atoms with Crippen molar-refractivity contribution in [2.24, 2.45) is 11.8 Å². The van der Waals surface area contributed by atoms with E-state index in [9.17, 15) is 9.59 Å². The van der Waals surface area contributed by atoms with Crippen LogP contribution in [-0.4, -0.2) is 24.5 Å². The number of hydrogen-bond donors (Lipinski definition) is 2. The Hall–Kier alpha value is -2.82. The summed E-state index contributed by atoms with van der Waals surface area (Å²) in [6, 6.07) is 16.4. The summed E-state index contributed by atoms with van der Waals surface area (Å²) in [5, 5.41) is 5.94. The van der Waals surface area contributed by atoms with E-state index in [1.54, 1.807) is 24.3 Å². The Labute approximate surface area is 166 Å². The van der Waals surface area contributed by atoms with Gasteiger partial charge < -0.3 is 15.4 Å². The molecule has 2 aromatic carbocycles. The van der Waals surface area contributed by atoms with Gasteiger partial charge in [-0.25, -0.2) is 0 Å².